The Hall–Kier alpha value is 0.350. The van der Waals surface area contributed by atoms with Crippen LogP contribution in [0.3, 0.4) is 0 Å². The van der Waals surface area contributed by atoms with E-state index >= 15 is 0 Å². The topological polar surface area (TPSA) is 52.6 Å². The van der Waals surface area contributed by atoms with Crippen LogP contribution in [0.25, 0.3) is 0 Å². The summed E-state index contributed by atoms with van der Waals surface area (Å²) in [5.74, 6) is 1.40. The molecular formula is C11H21BrO4S. The second-order valence-electron chi connectivity index (χ2n) is 4.47. The van der Waals surface area contributed by atoms with E-state index in [-0.39, 0.29) is 0 Å². The maximum atomic E-state index is 11.4. The zero-order valence-corrected chi connectivity index (χ0v) is 12.6. The molecule has 0 bridgehead atoms. The Morgan fingerprint density at radius 2 is 2.12 bits per heavy atom. The van der Waals surface area contributed by atoms with Crippen molar-refractivity contribution in [3.8, 4) is 0 Å². The van der Waals surface area contributed by atoms with Crippen LogP contribution >= 0.6 is 15.9 Å². The van der Waals surface area contributed by atoms with Gasteiger partial charge >= 0.3 is 0 Å². The van der Waals surface area contributed by atoms with Crippen LogP contribution < -0.4 is 0 Å². The van der Waals surface area contributed by atoms with Crippen LogP contribution in [0, 0.1) is 11.8 Å². The first-order valence-electron chi connectivity index (χ1n) is 5.92. The Morgan fingerprint density at radius 1 is 1.35 bits per heavy atom. The molecule has 0 spiro atoms. The first-order chi connectivity index (χ1) is 8.09. The van der Waals surface area contributed by atoms with Crippen molar-refractivity contribution in [3.63, 3.8) is 0 Å². The molecule has 0 aliphatic carbocycles. The molecule has 2 unspecified atom stereocenters. The first-order valence-corrected chi connectivity index (χ1v) is 8.86. The van der Waals surface area contributed by atoms with Gasteiger partial charge in [-0.3, -0.25) is 0 Å². The highest BCUT2D eigenvalue weighted by Crippen LogP contribution is 2.29. The Labute approximate surface area is 112 Å². The van der Waals surface area contributed by atoms with Gasteiger partial charge in [0.15, 0.2) is 9.84 Å². The van der Waals surface area contributed by atoms with Gasteiger partial charge in [0.25, 0.3) is 0 Å². The fourth-order valence-corrected chi connectivity index (χ4v) is 4.89. The van der Waals surface area contributed by atoms with Crippen LogP contribution in [0.4, 0.5) is 0 Å². The van der Waals surface area contributed by atoms with E-state index in [1.165, 1.54) is 0 Å². The van der Waals surface area contributed by atoms with Crippen molar-refractivity contribution in [3.05, 3.63) is 0 Å². The molecular weight excluding hydrogens is 308 g/mol. The molecule has 0 N–H and O–H groups in total. The van der Waals surface area contributed by atoms with Crippen molar-refractivity contribution < 1.29 is 17.9 Å². The Morgan fingerprint density at radius 3 is 2.65 bits per heavy atom. The molecule has 0 amide bonds. The quantitative estimate of drug-likeness (QED) is 0.500. The molecule has 6 heteroatoms. The van der Waals surface area contributed by atoms with Crippen LogP contribution in [-0.2, 0) is 19.3 Å². The normalized spacial score (nSPS) is 24.9. The summed E-state index contributed by atoms with van der Waals surface area (Å²) < 4.78 is 33.1. The fraction of sp³-hybridized carbons (Fsp3) is 1.00. The third kappa shape index (κ3) is 5.68. The van der Waals surface area contributed by atoms with Gasteiger partial charge in [0, 0.05) is 19.0 Å². The number of alkyl halides is 1. The largest absolute Gasteiger partial charge is 0.382 e. The average molecular weight is 329 g/mol. The van der Waals surface area contributed by atoms with Crippen LogP contribution in [-0.4, -0.2) is 52.2 Å². The van der Waals surface area contributed by atoms with Gasteiger partial charge in [0.1, 0.15) is 0 Å². The zero-order valence-electron chi connectivity index (χ0n) is 10.2. The van der Waals surface area contributed by atoms with Gasteiger partial charge in [-0.1, -0.05) is 15.9 Å². The van der Waals surface area contributed by atoms with Crippen LogP contribution in [0.1, 0.15) is 12.8 Å². The smallest absolute Gasteiger partial charge is 0.150 e. The summed E-state index contributed by atoms with van der Waals surface area (Å²) in [6.07, 6.45) is 1.71. The van der Waals surface area contributed by atoms with Gasteiger partial charge in [-0.05, 0) is 24.7 Å². The van der Waals surface area contributed by atoms with Crippen LogP contribution in [0.15, 0.2) is 0 Å². The van der Waals surface area contributed by atoms with Gasteiger partial charge in [-0.15, -0.1) is 0 Å². The monoisotopic (exact) mass is 328 g/mol. The van der Waals surface area contributed by atoms with E-state index in [4.69, 9.17) is 9.47 Å². The fourth-order valence-electron chi connectivity index (χ4n) is 2.11. The minimum atomic E-state index is -2.77. The van der Waals surface area contributed by atoms with Gasteiger partial charge in [-0.25, -0.2) is 8.42 Å². The zero-order chi connectivity index (χ0) is 12.7. The van der Waals surface area contributed by atoms with Gasteiger partial charge in [0.05, 0.1) is 24.7 Å². The number of ether oxygens (including phenoxy) is 2. The first kappa shape index (κ1) is 15.4. The lowest BCUT2D eigenvalue weighted by molar-refractivity contribution is 0.0621. The molecule has 102 valence electrons. The second kappa shape index (κ2) is 7.71. The van der Waals surface area contributed by atoms with Gasteiger partial charge in [0.2, 0.25) is 0 Å². The summed E-state index contributed by atoms with van der Waals surface area (Å²) in [7, 11) is -1.12. The number of sulfone groups is 1. The molecule has 1 saturated heterocycles. The number of rotatable bonds is 8. The van der Waals surface area contributed by atoms with Crippen molar-refractivity contribution in [2.24, 2.45) is 11.8 Å². The maximum Gasteiger partial charge on any atom is 0.150 e. The summed E-state index contributed by atoms with van der Waals surface area (Å²) in [6, 6.07) is 0. The molecule has 1 rings (SSSR count). The molecule has 0 saturated carbocycles. The Balaban J connectivity index is 2.24. The predicted molar refractivity (Wildman–Crippen MR) is 71.4 cm³/mol. The molecule has 17 heavy (non-hydrogen) atoms. The summed E-state index contributed by atoms with van der Waals surface area (Å²) in [4.78, 5) is 0. The van der Waals surface area contributed by atoms with E-state index < -0.39 is 9.84 Å². The minimum Gasteiger partial charge on any atom is -0.382 e. The van der Waals surface area contributed by atoms with E-state index in [0.29, 0.717) is 43.2 Å². The van der Waals surface area contributed by atoms with E-state index in [9.17, 15) is 8.42 Å². The Kier molecular flexibility index (Phi) is 6.99. The minimum absolute atomic E-state index is 0.297. The molecule has 0 radical (unpaired) electrons. The number of hydrogen-bond acceptors (Lipinski definition) is 4. The second-order valence-corrected chi connectivity index (χ2v) is 7.35. The molecule has 1 heterocycles. The Bertz CT molecular complexity index is 305. The highest BCUT2D eigenvalue weighted by Gasteiger charge is 2.32. The number of halogens is 1. The van der Waals surface area contributed by atoms with Crippen molar-refractivity contribution >= 4 is 25.8 Å². The average Bonchev–Trinajstić information content (AvgIpc) is 2.64. The van der Waals surface area contributed by atoms with Crippen molar-refractivity contribution in [2.75, 3.05) is 43.8 Å². The van der Waals surface area contributed by atoms with Crippen molar-refractivity contribution in [1.82, 2.24) is 0 Å². The van der Waals surface area contributed by atoms with E-state index in [1.54, 1.807) is 7.11 Å². The van der Waals surface area contributed by atoms with E-state index in [0.717, 1.165) is 18.2 Å². The highest BCUT2D eigenvalue weighted by atomic mass is 79.9. The number of methoxy groups -OCH3 is 1. The molecule has 1 aliphatic heterocycles. The molecule has 2 atom stereocenters. The highest BCUT2D eigenvalue weighted by molar-refractivity contribution is 9.09. The maximum absolute atomic E-state index is 11.4. The standard InChI is InChI=1S/C11H21BrO4S/c1-15-5-6-16-4-2-10(8-12)11-3-7-17(13,14)9-11/h10-11H,2-9H2,1H3. The third-order valence-electron chi connectivity index (χ3n) is 3.20. The van der Waals surface area contributed by atoms with Crippen LogP contribution in [0.5, 0.6) is 0 Å². The molecule has 0 aromatic carbocycles. The predicted octanol–water partition coefficient (Wildman–Crippen LogP) is 1.49. The molecule has 1 fully saturated rings. The molecule has 0 aromatic heterocycles. The van der Waals surface area contributed by atoms with Gasteiger partial charge in [-0.2, -0.15) is 0 Å². The molecule has 1 aliphatic rings. The molecule has 4 nitrogen and oxygen atoms in total. The lowest BCUT2D eigenvalue weighted by Gasteiger charge is -2.19. The van der Waals surface area contributed by atoms with Gasteiger partial charge < -0.3 is 9.47 Å². The number of hydrogen-bond donors (Lipinski definition) is 0. The SMILES string of the molecule is COCCOCCC(CBr)C1CCS(=O)(=O)C1. The lowest BCUT2D eigenvalue weighted by Crippen LogP contribution is -2.20. The summed E-state index contributed by atoms with van der Waals surface area (Å²) in [5, 5.41) is 0.848. The van der Waals surface area contributed by atoms with E-state index in [1.807, 2.05) is 0 Å². The van der Waals surface area contributed by atoms with Crippen molar-refractivity contribution in [2.45, 2.75) is 12.8 Å². The van der Waals surface area contributed by atoms with Crippen molar-refractivity contribution in [1.29, 1.82) is 0 Å². The lowest BCUT2D eigenvalue weighted by atomic mass is 9.91. The summed E-state index contributed by atoms with van der Waals surface area (Å²) in [5.41, 5.74) is 0. The van der Waals surface area contributed by atoms with Crippen LogP contribution in [0.2, 0.25) is 0 Å². The molecule has 0 aromatic rings. The van der Waals surface area contributed by atoms with E-state index in [2.05, 4.69) is 15.9 Å². The summed E-state index contributed by atoms with van der Waals surface area (Å²) in [6.45, 7) is 1.89. The summed E-state index contributed by atoms with van der Waals surface area (Å²) >= 11 is 3.47. The third-order valence-corrected chi connectivity index (χ3v) is 5.82.